The zero-order valence-corrected chi connectivity index (χ0v) is 26.4. The Balaban J connectivity index is 1.71. The van der Waals surface area contributed by atoms with Gasteiger partial charge in [-0.1, -0.05) is 6.58 Å². The minimum absolute atomic E-state index is 0.00833. The summed E-state index contributed by atoms with van der Waals surface area (Å²) in [5.41, 5.74) is 4.22. The molecule has 1 aliphatic heterocycles. The third-order valence-corrected chi connectivity index (χ3v) is 8.04. The maximum atomic E-state index is 13.6. The Bertz CT molecular complexity index is 1550. The van der Waals surface area contributed by atoms with E-state index in [4.69, 9.17) is 4.98 Å². The number of halogens is 1. The Hall–Kier alpha value is -3.84. The first-order valence-electron chi connectivity index (χ1n) is 13.7. The number of rotatable bonds is 8. The van der Waals surface area contributed by atoms with Crippen LogP contribution in [0.25, 0.3) is 11.1 Å². The molecule has 0 aliphatic carbocycles. The second-order valence-corrected chi connectivity index (χ2v) is 11.5. The second-order valence-electron chi connectivity index (χ2n) is 10.3. The number of aromatic nitrogens is 2. The summed E-state index contributed by atoms with van der Waals surface area (Å²) in [6.45, 7) is 12.5. The van der Waals surface area contributed by atoms with E-state index in [1.54, 1.807) is 24.2 Å². The molecule has 2 aromatic heterocycles. The second kappa shape index (κ2) is 13.4. The van der Waals surface area contributed by atoms with E-state index in [0.717, 1.165) is 33.5 Å². The van der Waals surface area contributed by atoms with Gasteiger partial charge in [0.1, 0.15) is 11.6 Å². The van der Waals surface area contributed by atoms with Crippen LogP contribution in [0.2, 0.25) is 0 Å². The number of pyridine rings is 2. The first kappa shape index (κ1) is 31.1. The minimum atomic E-state index is -0.513. The Morgan fingerprint density at radius 3 is 2.38 bits per heavy atom. The lowest BCUT2D eigenvalue weighted by molar-refractivity contribution is -0.127. The van der Waals surface area contributed by atoms with E-state index in [1.807, 2.05) is 26.0 Å². The molecule has 0 atom stereocenters. The highest BCUT2D eigenvalue weighted by atomic mass is 127. The molecule has 42 heavy (non-hydrogen) atoms. The van der Waals surface area contributed by atoms with Gasteiger partial charge in [0.05, 0.1) is 5.56 Å². The number of aromatic hydroxyl groups is 1. The third kappa shape index (κ3) is 6.79. The molecule has 0 bridgehead atoms. The molecule has 0 unspecified atom stereocenters. The zero-order valence-electron chi connectivity index (χ0n) is 24.3. The molecular weight excluding hydrogens is 647 g/mol. The molecule has 3 heterocycles. The summed E-state index contributed by atoms with van der Waals surface area (Å²) < 4.78 is 0.944. The summed E-state index contributed by atoms with van der Waals surface area (Å²) in [5, 5.41) is 16.9. The predicted octanol–water partition coefficient (Wildman–Crippen LogP) is 3.86. The smallest absolute Gasteiger partial charge is 0.257 e. The van der Waals surface area contributed by atoms with Gasteiger partial charge in [0.25, 0.3) is 11.8 Å². The Labute approximate surface area is 259 Å². The molecule has 10 nitrogen and oxygen atoms in total. The Morgan fingerprint density at radius 2 is 1.74 bits per heavy atom. The Kier molecular flexibility index (Phi) is 9.94. The average Bonchev–Trinajstić information content (AvgIpc) is 2.97. The molecule has 1 fully saturated rings. The van der Waals surface area contributed by atoms with Crippen LogP contribution < -0.4 is 10.6 Å². The van der Waals surface area contributed by atoms with E-state index in [9.17, 15) is 19.5 Å². The number of hydrogen-bond acceptors (Lipinski definition) is 7. The highest BCUT2D eigenvalue weighted by Crippen LogP contribution is 2.39. The largest absolute Gasteiger partial charge is 0.506 e. The van der Waals surface area contributed by atoms with E-state index >= 15 is 0 Å². The molecule has 220 valence electrons. The van der Waals surface area contributed by atoms with E-state index in [1.165, 1.54) is 19.2 Å². The maximum Gasteiger partial charge on any atom is 0.257 e. The molecule has 4 rings (SSSR count). The lowest BCUT2D eigenvalue weighted by atomic mass is 9.89. The van der Waals surface area contributed by atoms with Crippen LogP contribution >= 0.6 is 22.6 Å². The molecule has 0 saturated carbocycles. The van der Waals surface area contributed by atoms with Gasteiger partial charge in [0, 0.05) is 84.5 Å². The van der Waals surface area contributed by atoms with Crippen molar-refractivity contribution < 1.29 is 19.5 Å². The lowest BCUT2D eigenvalue weighted by Gasteiger charge is -2.34. The van der Waals surface area contributed by atoms with Crippen molar-refractivity contribution in [2.75, 3.05) is 45.1 Å². The fourth-order valence-electron chi connectivity index (χ4n) is 5.09. The first-order valence-corrected chi connectivity index (χ1v) is 14.7. The van der Waals surface area contributed by atoms with Crippen molar-refractivity contribution in [3.63, 3.8) is 0 Å². The summed E-state index contributed by atoms with van der Waals surface area (Å²) in [6, 6.07) is 5.25. The topological polar surface area (TPSA) is 128 Å². The number of hydrogen-bond donors (Lipinski definition) is 3. The van der Waals surface area contributed by atoms with Gasteiger partial charge in [0.15, 0.2) is 0 Å². The van der Waals surface area contributed by atoms with E-state index in [2.05, 4.69) is 49.7 Å². The highest BCUT2D eigenvalue weighted by molar-refractivity contribution is 14.1. The van der Waals surface area contributed by atoms with Gasteiger partial charge in [0.2, 0.25) is 5.91 Å². The number of amides is 3. The van der Waals surface area contributed by atoms with E-state index in [0.29, 0.717) is 48.6 Å². The molecule has 3 aromatic rings. The van der Waals surface area contributed by atoms with Crippen LogP contribution in [0, 0.1) is 24.3 Å². The molecule has 0 spiro atoms. The number of phenolic OH excluding ortho intramolecular Hbond substituents is 1. The number of aryl methyl sites for hydroxylation is 2. The number of anilines is 1. The standard InChI is InChI=1S/C31H35IN6O4/c1-6-26(39)38-11-9-37(10-12-38)8-7-25-23(13-18(2)16-34-25)27-20(4)22(15-24(28(27)40)30(41)33-5)31(42)36-29-19(3)14-21(32)17-35-29/h6,13-17,40H,1,7-12H2,2-5H3,(H,33,41)(H,35,36,42). The van der Waals surface area contributed by atoms with Crippen LogP contribution in [-0.4, -0.2) is 82.4 Å². The van der Waals surface area contributed by atoms with Crippen molar-refractivity contribution in [2.45, 2.75) is 27.2 Å². The number of carbonyl (C=O) groups excluding carboxylic acids is 3. The van der Waals surface area contributed by atoms with Crippen LogP contribution in [0.5, 0.6) is 5.75 Å². The summed E-state index contributed by atoms with van der Waals surface area (Å²) in [5.74, 6) is -0.807. The molecule has 1 aliphatic rings. The number of carbonyl (C=O) groups is 3. The maximum absolute atomic E-state index is 13.6. The number of nitrogens with one attached hydrogen (secondary N) is 2. The van der Waals surface area contributed by atoms with Gasteiger partial charge in [-0.05, 0) is 84.3 Å². The molecule has 3 N–H and O–H groups in total. The van der Waals surface area contributed by atoms with E-state index in [-0.39, 0.29) is 22.8 Å². The fourth-order valence-corrected chi connectivity index (χ4v) is 5.69. The van der Waals surface area contributed by atoms with Gasteiger partial charge >= 0.3 is 0 Å². The van der Waals surface area contributed by atoms with Gasteiger partial charge < -0.3 is 20.6 Å². The van der Waals surface area contributed by atoms with Crippen molar-refractivity contribution in [1.82, 2.24) is 25.1 Å². The van der Waals surface area contributed by atoms with Crippen molar-refractivity contribution in [3.8, 4) is 16.9 Å². The summed E-state index contributed by atoms with van der Waals surface area (Å²) in [4.78, 5) is 51.5. The van der Waals surface area contributed by atoms with Crippen LogP contribution in [0.1, 0.15) is 43.1 Å². The van der Waals surface area contributed by atoms with Crippen molar-refractivity contribution in [1.29, 1.82) is 0 Å². The third-order valence-electron chi connectivity index (χ3n) is 7.45. The normalized spacial score (nSPS) is 13.5. The zero-order chi connectivity index (χ0) is 30.6. The van der Waals surface area contributed by atoms with E-state index < -0.39 is 11.8 Å². The number of benzene rings is 1. The van der Waals surface area contributed by atoms with Crippen molar-refractivity contribution >= 4 is 46.1 Å². The minimum Gasteiger partial charge on any atom is -0.506 e. The molecule has 3 amide bonds. The summed E-state index contributed by atoms with van der Waals surface area (Å²) >= 11 is 2.16. The van der Waals surface area contributed by atoms with Crippen molar-refractivity contribution in [3.05, 3.63) is 80.3 Å². The Morgan fingerprint density at radius 1 is 1.02 bits per heavy atom. The molecule has 11 heteroatoms. The summed E-state index contributed by atoms with van der Waals surface area (Å²) in [7, 11) is 1.47. The van der Waals surface area contributed by atoms with Gasteiger partial charge in [-0.3, -0.25) is 24.3 Å². The SMILES string of the molecule is C=CC(=O)N1CCN(CCc2ncc(C)cc2-c2c(C)c(C(=O)Nc3ncc(I)cc3C)cc(C(=O)NC)c2O)CC1. The molecule has 1 aromatic carbocycles. The molecule has 1 saturated heterocycles. The number of phenols is 1. The monoisotopic (exact) mass is 682 g/mol. The molecular formula is C31H35IN6O4. The summed E-state index contributed by atoms with van der Waals surface area (Å²) in [6.07, 6.45) is 5.34. The van der Waals surface area contributed by atoms with Gasteiger partial charge in [-0.15, -0.1) is 0 Å². The predicted molar refractivity (Wildman–Crippen MR) is 171 cm³/mol. The number of nitrogens with zero attached hydrogens (tertiary/aromatic N) is 4. The van der Waals surface area contributed by atoms with Crippen LogP contribution in [-0.2, 0) is 11.2 Å². The van der Waals surface area contributed by atoms with Crippen LogP contribution in [0.15, 0.2) is 43.2 Å². The van der Waals surface area contributed by atoms with Crippen LogP contribution in [0.4, 0.5) is 5.82 Å². The number of piperazine rings is 1. The van der Waals surface area contributed by atoms with Gasteiger partial charge in [-0.2, -0.15) is 0 Å². The van der Waals surface area contributed by atoms with Crippen LogP contribution in [0.3, 0.4) is 0 Å². The fraction of sp³-hybridized carbons (Fsp3) is 0.323. The van der Waals surface area contributed by atoms with Crippen molar-refractivity contribution in [2.24, 2.45) is 0 Å². The first-order chi connectivity index (χ1) is 20.0. The quantitative estimate of drug-likeness (QED) is 0.243. The average molecular weight is 683 g/mol. The lowest BCUT2D eigenvalue weighted by Crippen LogP contribution is -2.48. The van der Waals surface area contributed by atoms with Gasteiger partial charge in [-0.25, -0.2) is 4.98 Å². The molecule has 0 radical (unpaired) electrons. The highest BCUT2D eigenvalue weighted by Gasteiger charge is 2.26.